The Morgan fingerprint density at radius 1 is 1.40 bits per heavy atom. The van der Waals surface area contributed by atoms with Gasteiger partial charge in [-0.15, -0.1) is 0 Å². The van der Waals surface area contributed by atoms with Crippen LogP contribution in [0.2, 0.25) is 0 Å². The highest BCUT2D eigenvalue weighted by Gasteiger charge is 2.25. The lowest BCUT2D eigenvalue weighted by atomic mass is 10.0. The second-order valence-corrected chi connectivity index (χ2v) is 5.24. The first-order valence-electron chi connectivity index (χ1n) is 4.63. The van der Waals surface area contributed by atoms with Crippen LogP contribution in [0.5, 0.6) is 0 Å². The molecule has 0 unspecified atom stereocenters. The van der Waals surface area contributed by atoms with E-state index in [1.54, 1.807) is 0 Å². The van der Waals surface area contributed by atoms with Crippen LogP contribution in [0, 0.1) is 5.92 Å². The van der Waals surface area contributed by atoms with Crippen LogP contribution in [0.3, 0.4) is 0 Å². The van der Waals surface area contributed by atoms with Crippen molar-refractivity contribution in [3.63, 3.8) is 0 Å². The Kier molecular flexibility index (Phi) is 3.43. The number of carbonyl (C=O) groups is 1. The van der Waals surface area contributed by atoms with E-state index in [-0.39, 0.29) is 11.8 Å². The minimum atomic E-state index is 0.0764. The van der Waals surface area contributed by atoms with Crippen LogP contribution in [0.25, 0.3) is 0 Å². The van der Waals surface area contributed by atoms with E-state index in [0.717, 1.165) is 27.7 Å². The van der Waals surface area contributed by atoms with Crippen molar-refractivity contribution in [2.45, 2.75) is 0 Å². The lowest BCUT2D eigenvalue weighted by Gasteiger charge is -2.26. The normalized spacial score (nSPS) is 15.9. The summed E-state index contributed by atoms with van der Waals surface area (Å²) >= 11 is 6.77. The summed E-state index contributed by atoms with van der Waals surface area (Å²) in [5.74, 6) is 0.184. The zero-order chi connectivity index (χ0) is 10.8. The molecule has 1 heterocycles. The van der Waals surface area contributed by atoms with Crippen molar-refractivity contribution in [2.24, 2.45) is 5.92 Å². The predicted octanol–water partition coefficient (Wildman–Crippen LogP) is 2.37. The fraction of sp³-hybridized carbons (Fsp3) is 0.300. The number of anilines is 1. The minimum Gasteiger partial charge on any atom is -0.325 e. The van der Waals surface area contributed by atoms with Crippen molar-refractivity contribution in [1.29, 1.82) is 0 Å². The molecule has 3 nitrogen and oxygen atoms in total. The standard InChI is InChI=1S/C10H10Br2N2O/c11-7-1-2-8(12)9(3-7)14-10(15)6-4-13-5-6/h1-3,6,13H,4-5H2,(H,14,15). The third-order valence-electron chi connectivity index (χ3n) is 2.34. The van der Waals surface area contributed by atoms with Crippen molar-refractivity contribution < 1.29 is 4.79 Å². The maximum absolute atomic E-state index is 11.7. The SMILES string of the molecule is O=C(Nc1cc(Br)ccc1Br)C1CNC1. The van der Waals surface area contributed by atoms with E-state index in [9.17, 15) is 4.79 Å². The van der Waals surface area contributed by atoms with Gasteiger partial charge in [0.1, 0.15) is 0 Å². The molecule has 1 aliphatic rings. The molecule has 0 atom stereocenters. The zero-order valence-corrected chi connectivity index (χ0v) is 11.1. The molecule has 1 saturated heterocycles. The first-order valence-corrected chi connectivity index (χ1v) is 6.22. The predicted molar refractivity (Wildman–Crippen MR) is 66.8 cm³/mol. The highest BCUT2D eigenvalue weighted by molar-refractivity contribution is 9.11. The quantitative estimate of drug-likeness (QED) is 0.872. The highest BCUT2D eigenvalue weighted by Crippen LogP contribution is 2.26. The molecule has 1 aromatic rings. The third kappa shape index (κ3) is 2.59. The fourth-order valence-electron chi connectivity index (χ4n) is 1.30. The van der Waals surface area contributed by atoms with Crippen LogP contribution in [0.15, 0.2) is 27.1 Å². The number of hydrogen-bond donors (Lipinski definition) is 2. The van der Waals surface area contributed by atoms with Gasteiger partial charge >= 0.3 is 0 Å². The average molecular weight is 334 g/mol. The second-order valence-electron chi connectivity index (χ2n) is 3.47. The lowest BCUT2D eigenvalue weighted by molar-refractivity contribution is -0.121. The van der Waals surface area contributed by atoms with Gasteiger partial charge in [-0.1, -0.05) is 15.9 Å². The summed E-state index contributed by atoms with van der Waals surface area (Å²) in [6.45, 7) is 1.55. The van der Waals surface area contributed by atoms with Gasteiger partial charge in [-0.2, -0.15) is 0 Å². The molecule has 1 fully saturated rings. The number of hydrogen-bond acceptors (Lipinski definition) is 2. The second kappa shape index (κ2) is 4.63. The Balaban J connectivity index is 2.09. The molecule has 15 heavy (non-hydrogen) atoms. The minimum absolute atomic E-state index is 0.0764. The molecular weight excluding hydrogens is 324 g/mol. The molecule has 5 heteroatoms. The van der Waals surface area contributed by atoms with Gasteiger partial charge in [-0.05, 0) is 34.1 Å². The van der Waals surface area contributed by atoms with Crippen LogP contribution < -0.4 is 10.6 Å². The van der Waals surface area contributed by atoms with Gasteiger partial charge in [0.2, 0.25) is 5.91 Å². The lowest BCUT2D eigenvalue weighted by Crippen LogP contribution is -2.48. The number of amides is 1. The maximum atomic E-state index is 11.7. The molecule has 1 aromatic carbocycles. The Hall–Kier alpha value is -0.390. The van der Waals surface area contributed by atoms with E-state index in [4.69, 9.17) is 0 Å². The van der Waals surface area contributed by atoms with Crippen molar-refractivity contribution in [1.82, 2.24) is 5.32 Å². The largest absolute Gasteiger partial charge is 0.325 e. The number of carbonyl (C=O) groups excluding carboxylic acids is 1. The van der Waals surface area contributed by atoms with Gasteiger partial charge in [0.25, 0.3) is 0 Å². The van der Waals surface area contributed by atoms with E-state index in [1.807, 2.05) is 18.2 Å². The van der Waals surface area contributed by atoms with Gasteiger partial charge < -0.3 is 10.6 Å². The van der Waals surface area contributed by atoms with Crippen molar-refractivity contribution in [2.75, 3.05) is 18.4 Å². The Morgan fingerprint density at radius 2 is 2.13 bits per heavy atom. The summed E-state index contributed by atoms with van der Waals surface area (Å²) in [5, 5.41) is 5.97. The molecule has 0 radical (unpaired) electrons. The number of nitrogens with one attached hydrogen (secondary N) is 2. The smallest absolute Gasteiger partial charge is 0.230 e. The zero-order valence-electron chi connectivity index (χ0n) is 7.89. The Bertz CT molecular complexity index is 391. The number of halogens is 2. The summed E-state index contributed by atoms with van der Waals surface area (Å²) in [6, 6.07) is 5.71. The Labute approximate surface area is 105 Å². The molecule has 0 saturated carbocycles. The monoisotopic (exact) mass is 332 g/mol. The number of benzene rings is 1. The van der Waals surface area contributed by atoms with Crippen LogP contribution in [0.1, 0.15) is 0 Å². The number of rotatable bonds is 2. The first-order chi connectivity index (χ1) is 7.16. The summed E-state index contributed by atoms with van der Waals surface area (Å²) in [7, 11) is 0. The molecule has 1 amide bonds. The average Bonchev–Trinajstić information content (AvgIpc) is 2.08. The van der Waals surface area contributed by atoms with Gasteiger partial charge in [0, 0.05) is 22.0 Å². The molecule has 1 aliphatic heterocycles. The Morgan fingerprint density at radius 3 is 2.73 bits per heavy atom. The van der Waals surface area contributed by atoms with Crippen LogP contribution >= 0.6 is 31.9 Å². The molecule has 80 valence electrons. The molecule has 2 rings (SSSR count). The molecule has 0 spiro atoms. The summed E-state index contributed by atoms with van der Waals surface area (Å²) in [4.78, 5) is 11.7. The van der Waals surface area contributed by atoms with Gasteiger partial charge in [-0.3, -0.25) is 4.79 Å². The van der Waals surface area contributed by atoms with Crippen LogP contribution in [-0.2, 0) is 4.79 Å². The van der Waals surface area contributed by atoms with Crippen LogP contribution in [-0.4, -0.2) is 19.0 Å². The van der Waals surface area contributed by atoms with Crippen molar-refractivity contribution in [3.8, 4) is 0 Å². The van der Waals surface area contributed by atoms with Crippen molar-refractivity contribution in [3.05, 3.63) is 27.1 Å². The molecule has 2 N–H and O–H groups in total. The third-order valence-corrected chi connectivity index (χ3v) is 3.52. The fourth-order valence-corrected chi connectivity index (χ4v) is 2.01. The topological polar surface area (TPSA) is 41.1 Å². The first kappa shape index (κ1) is 11.1. The molecule has 0 aliphatic carbocycles. The highest BCUT2D eigenvalue weighted by atomic mass is 79.9. The van der Waals surface area contributed by atoms with E-state index in [1.165, 1.54) is 0 Å². The van der Waals surface area contributed by atoms with E-state index in [2.05, 4.69) is 42.5 Å². The van der Waals surface area contributed by atoms with E-state index in [0.29, 0.717) is 0 Å². The molecular formula is C10H10Br2N2O. The van der Waals surface area contributed by atoms with Gasteiger partial charge in [0.15, 0.2) is 0 Å². The van der Waals surface area contributed by atoms with Crippen LogP contribution in [0.4, 0.5) is 5.69 Å². The maximum Gasteiger partial charge on any atom is 0.230 e. The van der Waals surface area contributed by atoms with Crippen molar-refractivity contribution >= 4 is 43.5 Å². The molecule has 0 aromatic heterocycles. The summed E-state index contributed by atoms with van der Waals surface area (Å²) in [6.07, 6.45) is 0. The van der Waals surface area contributed by atoms with E-state index >= 15 is 0 Å². The summed E-state index contributed by atoms with van der Waals surface area (Å²) < 4.78 is 1.85. The van der Waals surface area contributed by atoms with E-state index < -0.39 is 0 Å². The van der Waals surface area contributed by atoms with Gasteiger partial charge in [0.05, 0.1) is 11.6 Å². The van der Waals surface area contributed by atoms with Gasteiger partial charge in [-0.25, -0.2) is 0 Å². The molecule has 0 bridgehead atoms. The summed E-state index contributed by atoms with van der Waals surface area (Å²) in [5.41, 5.74) is 0.807.